The molecule has 5 heteroatoms. The number of carbonyl (C=O) groups is 2. The molecule has 2 aromatic rings. The molecule has 1 aromatic carbocycles. The molecule has 0 saturated carbocycles. The molecule has 0 spiro atoms. The molecule has 0 atom stereocenters. The van der Waals surface area contributed by atoms with Crippen molar-refractivity contribution >= 4 is 11.6 Å². The van der Waals surface area contributed by atoms with E-state index in [1.54, 1.807) is 13.1 Å². The molecule has 2 heterocycles. The number of ketones is 2. The van der Waals surface area contributed by atoms with Gasteiger partial charge in [0, 0.05) is 30.5 Å². The van der Waals surface area contributed by atoms with Gasteiger partial charge in [-0.25, -0.2) is 0 Å². The maximum Gasteiger partial charge on any atom is 0.261 e. The van der Waals surface area contributed by atoms with Crippen LogP contribution in [0.4, 0.5) is 0 Å². The Balaban J connectivity index is 1.97. The molecular weight excluding hydrogens is 318 g/mol. The van der Waals surface area contributed by atoms with Crippen LogP contribution in [-0.2, 0) is 11.3 Å². The molecule has 0 radical (unpaired) electrons. The molecule has 0 bridgehead atoms. The van der Waals surface area contributed by atoms with E-state index in [0.29, 0.717) is 31.7 Å². The molecule has 1 aromatic heterocycles. The highest BCUT2D eigenvalue weighted by atomic mass is 16.5. The van der Waals surface area contributed by atoms with Gasteiger partial charge in [-0.2, -0.15) is 0 Å². The zero-order valence-electron chi connectivity index (χ0n) is 14.2. The normalized spacial score (nSPS) is 14.1. The van der Waals surface area contributed by atoms with Crippen LogP contribution >= 0.6 is 0 Å². The second kappa shape index (κ2) is 7.57. The number of hydrogen-bond donors (Lipinski definition) is 0. The van der Waals surface area contributed by atoms with Gasteiger partial charge in [0.05, 0.1) is 25.3 Å². The van der Waals surface area contributed by atoms with E-state index in [-0.39, 0.29) is 35.0 Å². The van der Waals surface area contributed by atoms with Gasteiger partial charge in [-0.05, 0) is 11.6 Å². The van der Waals surface area contributed by atoms with Gasteiger partial charge in [-0.15, -0.1) is 0 Å². The first-order chi connectivity index (χ1) is 12.1. The Morgan fingerprint density at radius 2 is 1.88 bits per heavy atom. The Hall–Kier alpha value is -2.53. The number of hydrogen-bond acceptors (Lipinski definition) is 4. The number of benzene rings is 1. The molecule has 1 fully saturated rings. The molecule has 25 heavy (non-hydrogen) atoms. The molecule has 1 saturated heterocycles. The van der Waals surface area contributed by atoms with Crippen LogP contribution in [-0.4, -0.2) is 29.3 Å². The first-order valence-electron chi connectivity index (χ1n) is 8.51. The van der Waals surface area contributed by atoms with Crippen LogP contribution in [0.25, 0.3) is 0 Å². The lowest BCUT2D eigenvalue weighted by Crippen LogP contribution is -2.31. The topological polar surface area (TPSA) is 65.4 Å². The van der Waals surface area contributed by atoms with Crippen molar-refractivity contribution in [2.45, 2.75) is 26.3 Å². The minimum absolute atomic E-state index is 0.0553. The van der Waals surface area contributed by atoms with Gasteiger partial charge in [-0.3, -0.25) is 14.4 Å². The Bertz CT molecular complexity index is 835. The third-order valence-corrected chi connectivity index (χ3v) is 4.41. The number of rotatable bonds is 7. The zero-order valence-corrected chi connectivity index (χ0v) is 14.2. The number of nitrogens with zero attached hydrogens (tertiary/aromatic N) is 1. The van der Waals surface area contributed by atoms with Crippen LogP contribution in [0.2, 0.25) is 0 Å². The van der Waals surface area contributed by atoms with Crippen molar-refractivity contribution in [3.8, 4) is 0 Å². The fraction of sp³-hybridized carbons (Fsp3) is 0.350. The highest BCUT2D eigenvalue weighted by molar-refractivity contribution is 6.00. The first-order valence-corrected chi connectivity index (χ1v) is 8.51. The minimum atomic E-state index is -0.348. The van der Waals surface area contributed by atoms with E-state index >= 15 is 0 Å². The molecule has 1 aliphatic rings. The molecule has 3 rings (SSSR count). The van der Waals surface area contributed by atoms with E-state index in [0.717, 1.165) is 5.56 Å². The third-order valence-electron chi connectivity index (χ3n) is 4.41. The van der Waals surface area contributed by atoms with E-state index in [1.807, 2.05) is 30.3 Å². The van der Waals surface area contributed by atoms with Crippen molar-refractivity contribution in [3.63, 3.8) is 0 Å². The van der Waals surface area contributed by atoms with E-state index in [9.17, 15) is 14.4 Å². The zero-order chi connectivity index (χ0) is 17.8. The molecule has 130 valence electrons. The fourth-order valence-corrected chi connectivity index (χ4v) is 2.86. The average molecular weight is 339 g/mol. The lowest BCUT2D eigenvalue weighted by molar-refractivity contribution is -0.0322. The Kier molecular flexibility index (Phi) is 5.24. The van der Waals surface area contributed by atoms with Gasteiger partial charge in [0.25, 0.3) is 5.56 Å². The summed E-state index contributed by atoms with van der Waals surface area (Å²) < 4.78 is 6.57. The SMILES string of the molecule is CCC(=O)c1cc(C(=O)CC2COC2)cn(Cc2ccccc2)c1=O. The number of aromatic nitrogens is 1. The Morgan fingerprint density at radius 3 is 2.48 bits per heavy atom. The summed E-state index contributed by atoms with van der Waals surface area (Å²) in [6.45, 7) is 3.23. The summed E-state index contributed by atoms with van der Waals surface area (Å²) in [5.74, 6) is -0.0685. The second-order valence-electron chi connectivity index (χ2n) is 6.37. The van der Waals surface area contributed by atoms with Crippen molar-refractivity contribution in [1.82, 2.24) is 4.57 Å². The number of Topliss-reactive ketones (excluding diaryl/α,β-unsaturated/α-hetero) is 2. The van der Waals surface area contributed by atoms with Gasteiger partial charge in [0.1, 0.15) is 0 Å². The maximum atomic E-state index is 12.6. The number of pyridine rings is 1. The quantitative estimate of drug-likeness (QED) is 0.728. The molecular formula is C20H21NO4. The molecule has 0 amide bonds. The molecule has 1 aliphatic heterocycles. The van der Waals surface area contributed by atoms with Crippen LogP contribution in [0, 0.1) is 5.92 Å². The molecule has 0 unspecified atom stereocenters. The lowest BCUT2D eigenvalue weighted by atomic mass is 9.96. The standard InChI is InChI=1S/C20H21NO4/c1-2-18(22)17-9-16(19(23)8-15-12-25-13-15)11-21(20(17)24)10-14-6-4-3-5-7-14/h3-7,9,11,15H,2,8,10,12-13H2,1H3. The largest absolute Gasteiger partial charge is 0.381 e. The highest BCUT2D eigenvalue weighted by Gasteiger charge is 2.24. The van der Waals surface area contributed by atoms with E-state index in [1.165, 1.54) is 10.6 Å². The van der Waals surface area contributed by atoms with E-state index in [2.05, 4.69) is 0 Å². The van der Waals surface area contributed by atoms with Crippen molar-refractivity contribution in [2.24, 2.45) is 5.92 Å². The number of carbonyl (C=O) groups excluding carboxylic acids is 2. The Labute approximate surface area is 146 Å². The predicted molar refractivity (Wildman–Crippen MR) is 94.1 cm³/mol. The highest BCUT2D eigenvalue weighted by Crippen LogP contribution is 2.18. The van der Waals surface area contributed by atoms with Gasteiger partial charge >= 0.3 is 0 Å². The van der Waals surface area contributed by atoms with Crippen LogP contribution in [0.5, 0.6) is 0 Å². The summed E-state index contributed by atoms with van der Waals surface area (Å²) >= 11 is 0. The van der Waals surface area contributed by atoms with E-state index < -0.39 is 0 Å². The second-order valence-corrected chi connectivity index (χ2v) is 6.37. The van der Waals surface area contributed by atoms with Crippen molar-refractivity contribution < 1.29 is 14.3 Å². The summed E-state index contributed by atoms with van der Waals surface area (Å²) in [6, 6.07) is 11.0. The lowest BCUT2D eigenvalue weighted by Gasteiger charge is -2.25. The van der Waals surface area contributed by atoms with Gasteiger partial charge < -0.3 is 9.30 Å². The number of ether oxygens (including phenoxy) is 1. The van der Waals surface area contributed by atoms with Gasteiger partial charge in [-0.1, -0.05) is 37.3 Å². The Morgan fingerprint density at radius 1 is 1.16 bits per heavy atom. The molecule has 0 aliphatic carbocycles. The van der Waals surface area contributed by atoms with Crippen molar-refractivity contribution in [1.29, 1.82) is 0 Å². The van der Waals surface area contributed by atoms with Crippen LogP contribution in [0.15, 0.2) is 47.4 Å². The fourth-order valence-electron chi connectivity index (χ4n) is 2.86. The van der Waals surface area contributed by atoms with Crippen molar-refractivity contribution in [3.05, 3.63) is 69.6 Å². The maximum absolute atomic E-state index is 12.6. The summed E-state index contributed by atoms with van der Waals surface area (Å²) in [4.78, 5) is 37.4. The van der Waals surface area contributed by atoms with Gasteiger partial charge in [0.2, 0.25) is 0 Å². The van der Waals surface area contributed by atoms with E-state index in [4.69, 9.17) is 4.74 Å². The van der Waals surface area contributed by atoms with Gasteiger partial charge in [0.15, 0.2) is 11.6 Å². The van der Waals surface area contributed by atoms with Crippen LogP contribution in [0.3, 0.4) is 0 Å². The van der Waals surface area contributed by atoms with Crippen molar-refractivity contribution in [2.75, 3.05) is 13.2 Å². The average Bonchev–Trinajstić information content (AvgIpc) is 2.60. The molecule has 0 N–H and O–H groups in total. The minimum Gasteiger partial charge on any atom is -0.381 e. The summed E-state index contributed by atoms with van der Waals surface area (Å²) in [7, 11) is 0. The third kappa shape index (κ3) is 3.94. The summed E-state index contributed by atoms with van der Waals surface area (Å²) in [5, 5.41) is 0. The smallest absolute Gasteiger partial charge is 0.261 e. The predicted octanol–water partition coefficient (Wildman–Crippen LogP) is 2.71. The first kappa shape index (κ1) is 17.3. The summed E-state index contributed by atoms with van der Waals surface area (Å²) in [5.41, 5.74) is 1.10. The van der Waals surface area contributed by atoms with Crippen LogP contribution < -0.4 is 5.56 Å². The molecule has 5 nitrogen and oxygen atoms in total. The summed E-state index contributed by atoms with van der Waals surface area (Å²) in [6.07, 6.45) is 2.18. The van der Waals surface area contributed by atoms with Crippen LogP contribution in [0.1, 0.15) is 46.0 Å². The monoisotopic (exact) mass is 339 g/mol.